The van der Waals surface area contributed by atoms with Crippen LogP contribution in [0.5, 0.6) is 0 Å². The van der Waals surface area contributed by atoms with Crippen LogP contribution in [0.1, 0.15) is 36.8 Å². The quantitative estimate of drug-likeness (QED) is 0.918. The maximum Gasteiger partial charge on any atom is 0.306 e. The fourth-order valence-electron chi connectivity index (χ4n) is 2.44. The van der Waals surface area contributed by atoms with Crippen molar-refractivity contribution in [2.45, 2.75) is 38.4 Å². The predicted octanol–water partition coefficient (Wildman–Crippen LogP) is 2.86. The summed E-state index contributed by atoms with van der Waals surface area (Å²) in [6.07, 6.45) is 2.76. The number of carboxylic acid groups (broad SMARTS) is 1. The van der Waals surface area contributed by atoms with E-state index in [1.807, 2.05) is 0 Å². The van der Waals surface area contributed by atoms with E-state index in [9.17, 15) is 9.18 Å². The number of carbonyl (C=O) groups is 1. The van der Waals surface area contributed by atoms with E-state index < -0.39 is 11.8 Å². The topological polar surface area (TPSA) is 70.3 Å². The van der Waals surface area contributed by atoms with Crippen LogP contribution in [0, 0.1) is 23.1 Å². The Hall–Kier alpha value is -1.93. The molecule has 20 heavy (non-hydrogen) atoms. The molecule has 1 aliphatic rings. The zero-order valence-electron chi connectivity index (χ0n) is 11.0. The lowest BCUT2D eigenvalue weighted by Gasteiger charge is -2.26. The average molecular weight is 277 g/mol. The molecule has 0 saturated heterocycles. The van der Waals surface area contributed by atoms with Gasteiger partial charge in [-0.25, -0.2) is 4.39 Å². The summed E-state index contributed by atoms with van der Waals surface area (Å²) < 4.78 is 18.9. The van der Waals surface area contributed by atoms with Gasteiger partial charge in [-0.1, -0.05) is 6.07 Å². The van der Waals surface area contributed by atoms with Crippen LogP contribution in [0.25, 0.3) is 0 Å². The van der Waals surface area contributed by atoms with Crippen molar-refractivity contribution in [3.63, 3.8) is 0 Å². The molecule has 5 heteroatoms. The highest BCUT2D eigenvalue weighted by Gasteiger charge is 2.26. The summed E-state index contributed by atoms with van der Waals surface area (Å²) in [7, 11) is 0. The molecule has 0 atom stereocenters. The van der Waals surface area contributed by atoms with Crippen LogP contribution in [0.2, 0.25) is 0 Å². The Morgan fingerprint density at radius 2 is 2.10 bits per heavy atom. The molecule has 0 heterocycles. The van der Waals surface area contributed by atoms with Crippen molar-refractivity contribution < 1.29 is 19.0 Å². The zero-order chi connectivity index (χ0) is 14.5. The van der Waals surface area contributed by atoms with Crippen molar-refractivity contribution in [1.29, 1.82) is 5.26 Å². The molecule has 1 N–H and O–H groups in total. The largest absolute Gasteiger partial charge is 0.481 e. The van der Waals surface area contributed by atoms with Gasteiger partial charge in [-0.2, -0.15) is 5.26 Å². The van der Waals surface area contributed by atoms with Gasteiger partial charge < -0.3 is 9.84 Å². The Kier molecular flexibility index (Phi) is 4.70. The summed E-state index contributed by atoms with van der Waals surface area (Å²) in [5.41, 5.74) is 0.768. The van der Waals surface area contributed by atoms with Gasteiger partial charge in [-0.15, -0.1) is 0 Å². The minimum Gasteiger partial charge on any atom is -0.481 e. The SMILES string of the molecule is N#Cc1cc(COC2CCC(C(=O)O)CC2)ccc1F. The molecule has 0 aliphatic heterocycles. The third-order valence-corrected chi connectivity index (χ3v) is 3.66. The van der Waals surface area contributed by atoms with E-state index in [2.05, 4.69) is 0 Å². The van der Waals surface area contributed by atoms with Crippen molar-refractivity contribution >= 4 is 5.97 Å². The molecule has 0 radical (unpaired) electrons. The highest BCUT2D eigenvalue weighted by atomic mass is 19.1. The molecule has 0 unspecified atom stereocenters. The first-order chi connectivity index (χ1) is 9.60. The lowest BCUT2D eigenvalue weighted by Crippen LogP contribution is -2.25. The minimum absolute atomic E-state index is 0.0145. The van der Waals surface area contributed by atoms with E-state index in [-0.39, 0.29) is 17.6 Å². The van der Waals surface area contributed by atoms with Gasteiger partial charge in [-0.05, 0) is 43.4 Å². The Labute approximate surface area is 116 Å². The van der Waals surface area contributed by atoms with Crippen molar-refractivity contribution in [2.24, 2.45) is 5.92 Å². The summed E-state index contributed by atoms with van der Waals surface area (Å²) in [6, 6.07) is 6.14. The molecule has 1 aromatic rings. The number of nitriles is 1. The fraction of sp³-hybridized carbons (Fsp3) is 0.467. The number of hydrogen-bond donors (Lipinski definition) is 1. The van der Waals surface area contributed by atoms with Crippen molar-refractivity contribution in [2.75, 3.05) is 0 Å². The van der Waals surface area contributed by atoms with E-state index >= 15 is 0 Å². The third kappa shape index (κ3) is 3.55. The first kappa shape index (κ1) is 14.5. The van der Waals surface area contributed by atoms with Gasteiger partial charge in [0.25, 0.3) is 0 Å². The van der Waals surface area contributed by atoms with E-state index in [1.54, 1.807) is 12.1 Å². The van der Waals surface area contributed by atoms with E-state index in [0.717, 1.165) is 18.4 Å². The molecule has 1 aromatic carbocycles. The average Bonchev–Trinajstić information content (AvgIpc) is 2.46. The molecule has 1 fully saturated rings. The second-order valence-electron chi connectivity index (χ2n) is 5.05. The Morgan fingerprint density at radius 1 is 1.40 bits per heavy atom. The lowest BCUT2D eigenvalue weighted by atomic mass is 9.87. The molecule has 106 valence electrons. The molecule has 1 saturated carbocycles. The van der Waals surface area contributed by atoms with Gasteiger partial charge in [0.2, 0.25) is 0 Å². The van der Waals surface area contributed by atoms with Gasteiger partial charge in [0.05, 0.1) is 24.2 Å². The monoisotopic (exact) mass is 277 g/mol. The standard InChI is InChI=1S/C15H16FNO3/c16-14-6-1-10(7-12(14)8-17)9-20-13-4-2-11(3-5-13)15(18)19/h1,6-7,11,13H,2-5,9H2,(H,18,19). The van der Waals surface area contributed by atoms with Crippen LogP contribution in [0.3, 0.4) is 0 Å². The molecule has 2 rings (SSSR count). The molecule has 0 spiro atoms. The summed E-state index contributed by atoms with van der Waals surface area (Å²) in [5, 5.41) is 17.7. The normalized spacial score (nSPS) is 22.2. The van der Waals surface area contributed by atoms with E-state index in [0.29, 0.717) is 19.4 Å². The van der Waals surface area contributed by atoms with Crippen LogP contribution in [-0.4, -0.2) is 17.2 Å². The van der Waals surface area contributed by atoms with Gasteiger partial charge in [0.15, 0.2) is 0 Å². The summed E-state index contributed by atoms with van der Waals surface area (Å²) in [6.45, 7) is 0.317. The van der Waals surface area contributed by atoms with Crippen LogP contribution in [0.15, 0.2) is 18.2 Å². The van der Waals surface area contributed by atoms with E-state index in [1.165, 1.54) is 12.1 Å². The first-order valence-corrected chi connectivity index (χ1v) is 6.63. The molecule has 0 bridgehead atoms. The number of carboxylic acids is 1. The lowest BCUT2D eigenvalue weighted by molar-refractivity contribution is -0.143. The van der Waals surface area contributed by atoms with Gasteiger partial charge in [0, 0.05) is 0 Å². The molecular formula is C15H16FNO3. The van der Waals surface area contributed by atoms with Gasteiger partial charge in [0.1, 0.15) is 11.9 Å². The van der Waals surface area contributed by atoms with Crippen LogP contribution < -0.4 is 0 Å². The Bertz CT molecular complexity index is 530. The maximum atomic E-state index is 13.2. The maximum absolute atomic E-state index is 13.2. The van der Waals surface area contributed by atoms with Crippen LogP contribution in [0.4, 0.5) is 4.39 Å². The van der Waals surface area contributed by atoms with Crippen molar-refractivity contribution in [3.8, 4) is 6.07 Å². The number of halogens is 1. The number of rotatable bonds is 4. The molecule has 0 aromatic heterocycles. The van der Waals surface area contributed by atoms with Crippen LogP contribution in [-0.2, 0) is 16.1 Å². The summed E-state index contributed by atoms with van der Waals surface area (Å²) in [5.74, 6) is -1.52. The van der Waals surface area contributed by atoms with Gasteiger partial charge in [-0.3, -0.25) is 4.79 Å². The second-order valence-corrected chi connectivity index (χ2v) is 5.05. The zero-order valence-corrected chi connectivity index (χ0v) is 11.0. The Morgan fingerprint density at radius 3 is 2.70 bits per heavy atom. The second kappa shape index (κ2) is 6.49. The highest BCUT2D eigenvalue weighted by molar-refractivity contribution is 5.70. The Balaban J connectivity index is 1.85. The number of hydrogen-bond acceptors (Lipinski definition) is 3. The third-order valence-electron chi connectivity index (χ3n) is 3.66. The minimum atomic E-state index is -0.736. The summed E-state index contributed by atoms with van der Waals surface area (Å²) >= 11 is 0. The van der Waals surface area contributed by atoms with E-state index in [4.69, 9.17) is 15.1 Å². The van der Waals surface area contributed by atoms with Gasteiger partial charge >= 0.3 is 5.97 Å². The molecule has 0 amide bonds. The predicted molar refractivity (Wildman–Crippen MR) is 69.3 cm³/mol. The van der Waals surface area contributed by atoms with Crippen molar-refractivity contribution in [3.05, 3.63) is 35.1 Å². The smallest absolute Gasteiger partial charge is 0.306 e. The first-order valence-electron chi connectivity index (χ1n) is 6.63. The molecule has 4 nitrogen and oxygen atoms in total. The summed E-state index contributed by atoms with van der Waals surface area (Å²) in [4.78, 5) is 10.8. The number of ether oxygens (including phenoxy) is 1. The molecular weight excluding hydrogens is 261 g/mol. The number of benzene rings is 1. The fourth-order valence-corrected chi connectivity index (χ4v) is 2.44. The number of nitrogens with zero attached hydrogens (tertiary/aromatic N) is 1. The van der Waals surface area contributed by atoms with Crippen LogP contribution >= 0.6 is 0 Å². The van der Waals surface area contributed by atoms with Crippen molar-refractivity contribution in [1.82, 2.24) is 0 Å². The highest BCUT2D eigenvalue weighted by Crippen LogP contribution is 2.27. The number of aliphatic carboxylic acids is 1. The molecule has 1 aliphatic carbocycles.